The molecule has 0 aromatic carbocycles. The maximum absolute atomic E-state index is 12.5. The van der Waals surface area contributed by atoms with E-state index in [-0.39, 0.29) is 29.6 Å². The summed E-state index contributed by atoms with van der Waals surface area (Å²) in [5.41, 5.74) is 5.63. The van der Waals surface area contributed by atoms with Crippen molar-refractivity contribution in [3.63, 3.8) is 0 Å². The van der Waals surface area contributed by atoms with E-state index in [0.717, 1.165) is 19.3 Å². The van der Waals surface area contributed by atoms with E-state index in [4.69, 9.17) is 10.8 Å². The highest BCUT2D eigenvalue weighted by molar-refractivity contribution is 5.95. The molecule has 1 aliphatic rings. The number of primary amides is 1. The van der Waals surface area contributed by atoms with Crippen molar-refractivity contribution in [1.29, 1.82) is 0 Å². The third-order valence-corrected chi connectivity index (χ3v) is 3.85. The molecule has 0 bridgehead atoms. The Morgan fingerprint density at radius 1 is 1.32 bits per heavy atom. The first-order chi connectivity index (χ1) is 10.5. The third-order valence-electron chi connectivity index (χ3n) is 3.85. The summed E-state index contributed by atoms with van der Waals surface area (Å²) in [6, 6.07) is 2.87. The fraction of sp³-hybridized carbons (Fsp3) is 0.467. The molecule has 0 aliphatic carbocycles. The molecule has 1 aliphatic heterocycles. The van der Waals surface area contributed by atoms with Crippen molar-refractivity contribution >= 4 is 17.8 Å². The van der Waals surface area contributed by atoms with Gasteiger partial charge in [0, 0.05) is 25.2 Å². The van der Waals surface area contributed by atoms with Crippen molar-refractivity contribution in [2.45, 2.75) is 38.1 Å². The lowest BCUT2D eigenvalue weighted by Gasteiger charge is -2.35. The van der Waals surface area contributed by atoms with Crippen molar-refractivity contribution in [3.8, 4) is 0 Å². The Morgan fingerprint density at radius 2 is 2.09 bits per heavy atom. The molecule has 7 nitrogen and oxygen atoms in total. The average molecular weight is 305 g/mol. The molecule has 22 heavy (non-hydrogen) atoms. The molecule has 1 aromatic heterocycles. The molecule has 3 N–H and O–H groups in total. The zero-order chi connectivity index (χ0) is 16.1. The van der Waals surface area contributed by atoms with E-state index < -0.39 is 11.9 Å². The summed E-state index contributed by atoms with van der Waals surface area (Å²) in [6.45, 7) is 0.600. The summed E-state index contributed by atoms with van der Waals surface area (Å²) in [6.07, 6.45) is 4.46. The first kappa shape index (κ1) is 15.9. The number of carboxylic acids is 1. The van der Waals surface area contributed by atoms with Crippen molar-refractivity contribution in [1.82, 2.24) is 9.88 Å². The molecule has 7 heteroatoms. The molecule has 0 saturated carbocycles. The van der Waals surface area contributed by atoms with Gasteiger partial charge in [0.25, 0.3) is 5.91 Å². The fourth-order valence-electron chi connectivity index (χ4n) is 2.67. The van der Waals surface area contributed by atoms with E-state index in [2.05, 4.69) is 4.98 Å². The van der Waals surface area contributed by atoms with Gasteiger partial charge in [0.05, 0.1) is 5.56 Å². The molecular weight excluding hydrogens is 286 g/mol. The van der Waals surface area contributed by atoms with Gasteiger partial charge >= 0.3 is 5.97 Å². The number of pyridine rings is 1. The summed E-state index contributed by atoms with van der Waals surface area (Å²) >= 11 is 0. The Kier molecular flexibility index (Phi) is 5.08. The number of aromatic nitrogens is 1. The van der Waals surface area contributed by atoms with Crippen LogP contribution >= 0.6 is 0 Å². The predicted octanol–water partition coefficient (Wildman–Crippen LogP) is 1.04. The minimum Gasteiger partial charge on any atom is -0.481 e. The molecule has 0 radical (unpaired) electrons. The molecule has 1 fully saturated rings. The number of hydrogen-bond acceptors (Lipinski definition) is 4. The largest absolute Gasteiger partial charge is 0.481 e. The zero-order valence-electron chi connectivity index (χ0n) is 12.2. The number of carbonyl (C=O) groups excluding carboxylic acids is 2. The smallest absolute Gasteiger partial charge is 0.303 e. The summed E-state index contributed by atoms with van der Waals surface area (Å²) in [5.74, 6) is -1.68. The second-order valence-corrected chi connectivity index (χ2v) is 5.38. The van der Waals surface area contributed by atoms with E-state index >= 15 is 0 Å². The molecule has 0 spiro atoms. The lowest BCUT2D eigenvalue weighted by atomic mass is 9.97. The average Bonchev–Trinajstić information content (AvgIpc) is 2.52. The van der Waals surface area contributed by atoms with Crippen LogP contribution in [0.25, 0.3) is 0 Å². The Bertz CT molecular complexity index is 571. The Balaban J connectivity index is 2.10. The van der Waals surface area contributed by atoms with Gasteiger partial charge in [-0.2, -0.15) is 0 Å². The molecule has 2 rings (SSSR count). The second-order valence-electron chi connectivity index (χ2n) is 5.38. The maximum Gasteiger partial charge on any atom is 0.303 e. The number of rotatable bonds is 5. The van der Waals surface area contributed by atoms with E-state index in [1.807, 2.05) is 0 Å². The second kappa shape index (κ2) is 7.02. The summed E-state index contributed by atoms with van der Waals surface area (Å²) in [7, 11) is 0. The number of piperidine rings is 1. The van der Waals surface area contributed by atoms with Crippen molar-refractivity contribution < 1.29 is 19.5 Å². The van der Waals surface area contributed by atoms with Crippen LogP contribution in [0, 0.1) is 0 Å². The lowest BCUT2D eigenvalue weighted by molar-refractivity contribution is -0.137. The zero-order valence-corrected chi connectivity index (χ0v) is 12.2. The highest BCUT2D eigenvalue weighted by Crippen LogP contribution is 2.22. The van der Waals surface area contributed by atoms with Crippen molar-refractivity contribution in [2.24, 2.45) is 5.73 Å². The van der Waals surface area contributed by atoms with Crippen molar-refractivity contribution in [2.75, 3.05) is 6.54 Å². The first-order valence-corrected chi connectivity index (χ1v) is 7.27. The van der Waals surface area contributed by atoms with Crippen LogP contribution in [0.5, 0.6) is 0 Å². The van der Waals surface area contributed by atoms with Crippen LogP contribution < -0.4 is 5.73 Å². The monoisotopic (exact) mass is 305 g/mol. The van der Waals surface area contributed by atoms with Gasteiger partial charge < -0.3 is 15.7 Å². The number of nitrogens with two attached hydrogens (primary N) is 1. The topological polar surface area (TPSA) is 114 Å². The molecule has 1 unspecified atom stereocenters. The molecular formula is C15H19N3O4. The summed E-state index contributed by atoms with van der Waals surface area (Å²) in [4.78, 5) is 40.0. The number of aliphatic carboxylic acids is 1. The van der Waals surface area contributed by atoms with Crippen LogP contribution in [-0.2, 0) is 4.79 Å². The van der Waals surface area contributed by atoms with Crippen LogP contribution in [0.2, 0.25) is 0 Å². The highest BCUT2D eigenvalue weighted by Gasteiger charge is 2.28. The Labute approximate surface area is 128 Å². The van der Waals surface area contributed by atoms with Gasteiger partial charge in [-0.05, 0) is 37.8 Å². The number of hydrogen-bond donors (Lipinski definition) is 2. The number of carbonyl (C=O) groups is 3. The van der Waals surface area contributed by atoms with Crippen molar-refractivity contribution in [3.05, 3.63) is 29.6 Å². The molecule has 1 saturated heterocycles. The molecule has 2 heterocycles. The number of carboxylic acid groups (broad SMARTS) is 1. The quantitative estimate of drug-likeness (QED) is 0.843. The first-order valence-electron chi connectivity index (χ1n) is 7.27. The van der Waals surface area contributed by atoms with E-state index in [9.17, 15) is 14.4 Å². The summed E-state index contributed by atoms with van der Waals surface area (Å²) in [5, 5.41) is 8.81. The predicted molar refractivity (Wildman–Crippen MR) is 78.3 cm³/mol. The lowest BCUT2D eigenvalue weighted by Crippen LogP contribution is -2.44. The molecule has 2 amide bonds. The Hall–Kier alpha value is -2.44. The van der Waals surface area contributed by atoms with Crippen LogP contribution in [0.15, 0.2) is 18.3 Å². The SMILES string of the molecule is NC(=O)c1ccc(C(=O)N2CCCCC2CCC(=O)O)nc1. The van der Waals surface area contributed by atoms with Crippen LogP contribution in [-0.4, -0.2) is 45.4 Å². The van der Waals surface area contributed by atoms with Gasteiger partial charge in [-0.15, -0.1) is 0 Å². The fourth-order valence-corrected chi connectivity index (χ4v) is 2.67. The van der Waals surface area contributed by atoms with Gasteiger partial charge in [0.2, 0.25) is 5.91 Å². The number of likely N-dealkylation sites (tertiary alicyclic amines) is 1. The van der Waals surface area contributed by atoms with Gasteiger partial charge in [0.1, 0.15) is 5.69 Å². The van der Waals surface area contributed by atoms with Gasteiger partial charge in [-0.25, -0.2) is 0 Å². The molecule has 118 valence electrons. The number of amides is 2. The van der Waals surface area contributed by atoms with E-state index in [1.54, 1.807) is 4.90 Å². The van der Waals surface area contributed by atoms with Gasteiger partial charge in [-0.3, -0.25) is 19.4 Å². The minimum atomic E-state index is -0.859. The van der Waals surface area contributed by atoms with Crippen LogP contribution in [0.1, 0.15) is 53.0 Å². The Morgan fingerprint density at radius 3 is 2.68 bits per heavy atom. The third kappa shape index (κ3) is 3.81. The van der Waals surface area contributed by atoms with Crippen LogP contribution in [0.4, 0.5) is 0 Å². The van der Waals surface area contributed by atoms with E-state index in [1.165, 1.54) is 18.3 Å². The van der Waals surface area contributed by atoms with Gasteiger partial charge in [-0.1, -0.05) is 0 Å². The minimum absolute atomic E-state index is 0.0441. The molecule has 1 aromatic rings. The maximum atomic E-state index is 12.5. The summed E-state index contributed by atoms with van der Waals surface area (Å²) < 4.78 is 0. The number of nitrogens with zero attached hydrogens (tertiary/aromatic N) is 2. The standard InChI is InChI=1S/C15H19N3O4/c16-14(21)10-4-6-12(17-9-10)15(22)18-8-2-1-3-11(18)5-7-13(19)20/h4,6,9,11H,1-3,5,7-8H2,(H2,16,21)(H,19,20). The molecule has 1 atom stereocenters. The van der Waals surface area contributed by atoms with Crippen LogP contribution in [0.3, 0.4) is 0 Å². The normalized spacial score (nSPS) is 18.0. The highest BCUT2D eigenvalue weighted by atomic mass is 16.4. The van der Waals surface area contributed by atoms with Gasteiger partial charge in [0.15, 0.2) is 0 Å². The van der Waals surface area contributed by atoms with E-state index in [0.29, 0.717) is 13.0 Å².